The third-order valence-corrected chi connectivity index (χ3v) is 14.0. The molecule has 11 atom stereocenters. The molecule has 1 fully saturated rings. The lowest BCUT2D eigenvalue weighted by Gasteiger charge is -2.28. The van der Waals surface area contributed by atoms with E-state index in [1.807, 2.05) is 27.7 Å². The van der Waals surface area contributed by atoms with Gasteiger partial charge in [-0.05, 0) is 115 Å². The van der Waals surface area contributed by atoms with Crippen molar-refractivity contribution in [1.82, 2.24) is 42.5 Å². The maximum atomic E-state index is 14.4. The predicted molar refractivity (Wildman–Crippen MR) is 304 cm³/mol. The van der Waals surface area contributed by atoms with Crippen molar-refractivity contribution >= 4 is 64.6 Å². The zero-order valence-corrected chi connectivity index (χ0v) is 49.1. The van der Waals surface area contributed by atoms with Gasteiger partial charge in [-0.25, -0.2) is 0 Å². The maximum absolute atomic E-state index is 14.4. The first-order valence-corrected chi connectivity index (χ1v) is 29.0. The van der Waals surface area contributed by atoms with Gasteiger partial charge in [0, 0.05) is 50.0 Å². The van der Waals surface area contributed by atoms with Crippen LogP contribution in [-0.2, 0) is 52.7 Å². The molecule has 464 valence electrons. The van der Waals surface area contributed by atoms with Gasteiger partial charge in [-0.1, -0.05) is 60.8 Å². The number of hydrogen-bond donors (Lipinski definition) is 15. The van der Waals surface area contributed by atoms with Gasteiger partial charge >= 0.3 is 0 Å². The second kappa shape index (κ2) is 39.8. The van der Waals surface area contributed by atoms with E-state index in [9.17, 15) is 63.0 Å². The molecule has 26 nitrogen and oxygen atoms in total. The molecule has 1 heterocycles. The van der Waals surface area contributed by atoms with Gasteiger partial charge in [0.2, 0.25) is 47.3 Å². The van der Waals surface area contributed by atoms with Crippen LogP contribution in [0, 0.1) is 35.5 Å². The fourth-order valence-electron chi connectivity index (χ4n) is 9.45. The van der Waals surface area contributed by atoms with Gasteiger partial charge < -0.3 is 81.4 Å². The second-order valence-electron chi connectivity index (χ2n) is 22.7. The summed E-state index contributed by atoms with van der Waals surface area (Å²) in [5.74, 6) is -11.1. The van der Waals surface area contributed by atoms with Crippen LogP contribution in [0.25, 0.3) is 0 Å². The summed E-state index contributed by atoms with van der Waals surface area (Å²) >= 11 is 0. The fourth-order valence-corrected chi connectivity index (χ4v) is 9.45. The summed E-state index contributed by atoms with van der Waals surface area (Å²) in [5, 5.41) is 41.7. The number of carbonyl (C=O) groups is 11. The maximum Gasteiger partial charge on any atom is 0.245 e. The van der Waals surface area contributed by atoms with Crippen molar-refractivity contribution in [2.24, 2.45) is 64.2 Å². The molecule has 1 aliphatic rings. The zero-order chi connectivity index (χ0) is 61.4. The smallest absolute Gasteiger partial charge is 0.245 e. The molecule has 1 saturated heterocycles. The second-order valence-corrected chi connectivity index (χ2v) is 22.7. The minimum atomic E-state index is -1.65. The summed E-state index contributed by atoms with van der Waals surface area (Å²) in [6.07, 6.45) is 0.644. The van der Waals surface area contributed by atoms with Gasteiger partial charge in [0.25, 0.3) is 0 Å². The van der Waals surface area contributed by atoms with Gasteiger partial charge in [-0.2, -0.15) is 0 Å². The monoisotopic (exact) mass is 1150 g/mol. The van der Waals surface area contributed by atoms with Crippen LogP contribution in [0.5, 0.6) is 0 Å². The fraction of sp³-hybridized carbons (Fsp3) is 0.800. The van der Waals surface area contributed by atoms with Crippen molar-refractivity contribution in [3.63, 3.8) is 0 Å². The summed E-state index contributed by atoms with van der Waals surface area (Å²) in [6, 6.07) is -9.96. The Bertz CT molecular complexity index is 2030. The Labute approximate surface area is 478 Å². The first-order valence-electron chi connectivity index (χ1n) is 29.0. The molecule has 0 aromatic carbocycles. The zero-order valence-electron chi connectivity index (χ0n) is 49.1. The summed E-state index contributed by atoms with van der Waals surface area (Å²) < 4.78 is 0. The largest absolute Gasteiger partial charge is 0.394 e. The number of Topliss-reactive ketones (excluding diaryl/α,β-unsaturated/α-hetero) is 3. The lowest BCUT2D eigenvalue weighted by atomic mass is 9.88. The number of aliphatic hydroxyl groups is 2. The highest BCUT2D eigenvalue weighted by Gasteiger charge is 2.37. The average molecular weight is 1150 g/mol. The van der Waals surface area contributed by atoms with E-state index in [0.29, 0.717) is 12.3 Å². The number of aliphatic hydroxyl groups excluding tert-OH is 2. The molecule has 1 aliphatic heterocycles. The molecule has 0 aliphatic carbocycles. The molecule has 0 aromatic rings. The summed E-state index contributed by atoms with van der Waals surface area (Å²) in [6.45, 7) is 11.1. The molecule has 26 heteroatoms. The Kier molecular flexibility index (Phi) is 36.2. The summed E-state index contributed by atoms with van der Waals surface area (Å²) in [5.41, 5.74) is 29.3. The molecule has 0 unspecified atom stereocenters. The highest BCUT2D eigenvalue weighted by molar-refractivity contribution is 5.99. The number of nitrogens with one attached hydrogen (secondary N) is 8. The van der Waals surface area contributed by atoms with Crippen molar-refractivity contribution in [3.8, 4) is 0 Å². The molecule has 0 bridgehead atoms. The van der Waals surface area contributed by atoms with Crippen molar-refractivity contribution in [2.45, 2.75) is 200 Å². The third kappa shape index (κ3) is 28.4. The first-order chi connectivity index (χ1) is 38.3. The van der Waals surface area contributed by atoms with Gasteiger partial charge in [-0.15, -0.1) is 0 Å². The first kappa shape index (κ1) is 73.5. The normalized spacial score (nSPS) is 23.0. The number of ketones is 3. The SMILES string of the molecule is CC(C)CCCCCC(=O)C[C@@H](CCN)C(=O)N[C@@H](CO)C(=O)C[C@@H](CCN)C(=O)N[C@H]1CCNC(=O)[C@H]([C@@H](C)O)NC(=O)[C@H](CCN)NC(=O)[C@H](CCN)NC(=O)[C@H](CC(C)C)NC(=O)[C@@H](CC(C)C)CC(=O)[C@H](CCN)NC1=O. The molecule has 1 rings (SSSR count). The Balaban J connectivity index is 3.77. The Morgan fingerprint density at radius 2 is 1.09 bits per heavy atom. The van der Waals surface area contributed by atoms with E-state index in [2.05, 4.69) is 56.4 Å². The number of rotatable bonds is 31. The van der Waals surface area contributed by atoms with Gasteiger partial charge in [0.1, 0.15) is 42.0 Å². The number of carbonyl (C=O) groups excluding carboxylic acids is 11. The van der Waals surface area contributed by atoms with Gasteiger partial charge in [0.05, 0.1) is 18.8 Å². The van der Waals surface area contributed by atoms with Crippen molar-refractivity contribution < 1.29 is 63.0 Å². The lowest BCUT2D eigenvalue weighted by Crippen LogP contribution is -2.60. The molecule has 0 saturated carbocycles. The summed E-state index contributed by atoms with van der Waals surface area (Å²) in [7, 11) is 0. The van der Waals surface area contributed by atoms with Crippen LogP contribution in [0.4, 0.5) is 0 Å². The van der Waals surface area contributed by atoms with E-state index in [1.165, 1.54) is 6.92 Å². The number of amides is 8. The number of hydrogen-bond acceptors (Lipinski definition) is 18. The van der Waals surface area contributed by atoms with E-state index < -0.39 is 157 Å². The molecule has 0 radical (unpaired) electrons. The molecule has 8 amide bonds. The number of nitrogens with two attached hydrogens (primary N) is 5. The molecular weight excluding hydrogens is 1050 g/mol. The van der Waals surface area contributed by atoms with Crippen LogP contribution in [0.1, 0.15) is 151 Å². The van der Waals surface area contributed by atoms with Crippen molar-refractivity contribution in [3.05, 3.63) is 0 Å². The van der Waals surface area contributed by atoms with Crippen LogP contribution < -0.4 is 71.2 Å². The van der Waals surface area contributed by atoms with E-state index in [4.69, 9.17) is 28.7 Å². The third-order valence-electron chi connectivity index (χ3n) is 14.0. The quantitative estimate of drug-likeness (QED) is 0.0318. The van der Waals surface area contributed by atoms with Gasteiger partial charge in [-0.3, -0.25) is 52.7 Å². The van der Waals surface area contributed by atoms with E-state index in [1.54, 1.807) is 0 Å². The van der Waals surface area contributed by atoms with Crippen LogP contribution in [0.3, 0.4) is 0 Å². The molecule has 0 aromatic heterocycles. The van der Waals surface area contributed by atoms with Crippen molar-refractivity contribution in [2.75, 3.05) is 45.9 Å². The Hall–Kier alpha value is -5.51. The standard InChI is InChI=1S/C55H101N13O13/c1-31(2)11-9-8-10-12-38(71)27-35(13-19-56)48(74)67-44(30-69)46(73)28-36(14-20-57)49(75)63-42-18-24-61-55(81)47(34(7)70)68-53(79)41(17-23-60)64-51(77)40(16-22-59)65-54(80)43(26-33(5)6)66-50(76)37(25-32(3)4)29-45(72)39(15-21-58)62-52(42)78/h31-37,39-44,47,69-70H,8-30,56-60H2,1-7H3,(H,61,81)(H,62,78)(H,63,75)(H,64,77)(H,65,80)(H,66,76)(H,67,74)(H,68,79)/t34-,35-,36-,37+,39+,40+,41+,42+,43+,44+,47+/m1/s1. The number of unbranched alkanes of at least 4 members (excludes halogenated alkanes) is 2. The minimum absolute atomic E-state index is 0.0661. The molecule has 20 N–H and O–H groups in total. The highest BCUT2D eigenvalue weighted by atomic mass is 16.3. The van der Waals surface area contributed by atoms with Crippen molar-refractivity contribution in [1.29, 1.82) is 0 Å². The average Bonchev–Trinajstić information content (AvgIpc) is 3.38. The summed E-state index contributed by atoms with van der Waals surface area (Å²) in [4.78, 5) is 153. The topological polar surface area (TPSA) is 455 Å². The molecular formula is C55H101N13O13. The van der Waals surface area contributed by atoms with Gasteiger partial charge in [0.15, 0.2) is 11.6 Å². The Morgan fingerprint density at radius 3 is 1.60 bits per heavy atom. The van der Waals surface area contributed by atoms with Crippen LogP contribution in [-0.4, -0.2) is 169 Å². The minimum Gasteiger partial charge on any atom is -0.394 e. The molecule has 81 heavy (non-hydrogen) atoms. The van der Waals surface area contributed by atoms with E-state index in [-0.39, 0.29) is 108 Å². The Morgan fingerprint density at radius 1 is 0.568 bits per heavy atom. The van der Waals surface area contributed by atoms with E-state index in [0.717, 1.165) is 19.3 Å². The van der Waals surface area contributed by atoms with Crippen LogP contribution in [0.2, 0.25) is 0 Å². The molecule has 0 spiro atoms. The predicted octanol–water partition coefficient (Wildman–Crippen LogP) is -2.56. The van der Waals surface area contributed by atoms with E-state index >= 15 is 0 Å². The van der Waals surface area contributed by atoms with Crippen LogP contribution >= 0.6 is 0 Å². The van der Waals surface area contributed by atoms with Crippen LogP contribution in [0.15, 0.2) is 0 Å². The highest BCUT2D eigenvalue weighted by Crippen LogP contribution is 2.21. The lowest BCUT2D eigenvalue weighted by molar-refractivity contribution is -0.137.